The van der Waals surface area contributed by atoms with Crippen molar-refractivity contribution in [2.45, 2.75) is 109 Å². The third kappa shape index (κ3) is 39.0. The number of hydrogen-bond acceptors (Lipinski definition) is 6. The van der Waals surface area contributed by atoms with Gasteiger partial charge in [-0.05, 0) is 19.4 Å². The first-order valence-corrected chi connectivity index (χ1v) is 14.4. The maximum Gasteiger partial charge on any atom is 0.217 e. The number of rotatable bonds is 23. The van der Waals surface area contributed by atoms with Crippen molar-refractivity contribution < 1.29 is 26.4 Å². The van der Waals surface area contributed by atoms with Crippen LogP contribution in [0.5, 0.6) is 0 Å². The molecule has 1 N–H and O–H groups in total. The molecule has 0 heterocycles. The minimum Gasteiger partial charge on any atom is -0.726 e. The zero-order valence-electron chi connectivity index (χ0n) is 22.1. The van der Waals surface area contributed by atoms with E-state index in [1.807, 2.05) is 0 Å². The lowest BCUT2D eigenvalue weighted by Crippen LogP contribution is -2.36. The van der Waals surface area contributed by atoms with Gasteiger partial charge in [-0.25, -0.2) is 8.42 Å². The molecule has 0 aliphatic heterocycles. The zero-order valence-corrected chi connectivity index (χ0v) is 22.9. The first-order chi connectivity index (χ1) is 15.6. The molecule has 0 radical (unpaired) electrons. The second-order valence-electron chi connectivity index (χ2n) is 9.95. The van der Waals surface area contributed by atoms with Crippen LogP contribution in [0.3, 0.4) is 0 Å². The predicted molar refractivity (Wildman–Crippen MR) is 137 cm³/mol. The van der Waals surface area contributed by atoms with E-state index in [4.69, 9.17) is 0 Å². The van der Waals surface area contributed by atoms with Gasteiger partial charge in [-0.15, -0.1) is 0 Å². The quantitative estimate of drug-likeness (QED) is 0.0689. The van der Waals surface area contributed by atoms with E-state index in [1.54, 1.807) is 0 Å². The summed E-state index contributed by atoms with van der Waals surface area (Å²) in [4.78, 5) is 10.2. The molecule has 0 spiro atoms. The molecule has 0 aliphatic rings. The molecule has 0 aromatic carbocycles. The van der Waals surface area contributed by atoms with Crippen LogP contribution in [0.4, 0.5) is 0 Å². The van der Waals surface area contributed by atoms with Crippen LogP contribution in [0.2, 0.25) is 0 Å². The van der Waals surface area contributed by atoms with E-state index >= 15 is 0 Å². The topological polar surface area (TPSA) is 95.5 Å². The van der Waals surface area contributed by atoms with Crippen molar-refractivity contribution in [3.8, 4) is 0 Å². The van der Waals surface area contributed by atoms with Gasteiger partial charge >= 0.3 is 0 Å². The van der Waals surface area contributed by atoms with Gasteiger partial charge < -0.3 is 19.1 Å². The van der Waals surface area contributed by atoms with E-state index in [1.165, 1.54) is 116 Å². The molecule has 200 valence electrons. The van der Waals surface area contributed by atoms with Crippen LogP contribution in [-0.4, -0.2) is 71.6 Å². The smallest absolute Gasteiger partial charge is 0.217 e. The molecule has 0 saturated carbocycles. The van der Waals surface area contributed by atoms with E-state index < -0.39 is 10.4 Å². The normalized spacial score (nSPS) is 11.8. The van der Waals surface area contributed by atoms with Crippen molar-refractivity contribution in [1.82, 2.24) is 5.32 Å². The Labute approximate surface area is 205 Å². The van der Waals surface area contributed by atoms with Gasteiger partial charge in [0.15, 0.2) is 0 Å². The molecule has 0 aromatic heterocycles. The second-order valence-corrected chi connectivity index (χ2v) is 11.1. The van der Waals surface area contributed by atoms with Gasteiger partial charge in [0.1, 0.15) is 6.29 Å². The maximum atomic E-state index is 10.2. The number of nitrogens with one attached hydrogen (secondary N) is 1. The summed E-state index contributed by atoms with van der Waals surface area (Å²) in [6.45, 7) is 3.64. The highest BCUT2D eigenvalue weighted by Crippen LogP contribution is 2.13. The van der Waals surface area contributed by atoms with Crippen molar-refractivity contribution in [3.05, 3.63) is 0 Å². The molecule has 0 rings (SSSR count). The lowest BCUT2D eigenvalue weighted by Gasteiger charge is -2.23. The second kappa shape index (κ2) is 24.6. The Morgan fingerprint density at radius 3 is 1.36 bits per heavy atom. The van der Waals surface area contributed by atoms with E-state index in [0.717, 1.165) is 30.7 Å². The van der Waals surface area contributed by atoms with Crippen molar-refractivity contribution in [2.24, 2.45) is 0 Å². The fraction of sp³-hybridized carbons (Fsp3) is 0.960. The molecule has 0 amide bonds. The molecule has 7 nitrogen and oxygen atoms in total. The highest BCUT2D eigenvalue weighted by Gasteiger charge is 2.04. The van der Waals surface area contributed by atoms with Crippen LogP contribution in [0.25, 0.3) is 0 Å². The Hall–Kier alpha value is -0.540. The Bertz CT molecular complexity index is 507. The Balaban J connectivity index is 0. The summed E-state index contributed by atoms with van der Waals surface area (Å²) in [5.74, 6) is 0. The van der Waals surface area contributed by atoms with Crippen LogP contribution in [-0.2, 0) is 19.4 Å². The van der Waals surface area contributed by atoms with Crippen molar-refractivity contribution in [2.75, 3.05) is 47.9 Å². The van der Waals surface area contributed by atoms with Crippen molar-refractivity contribution in [3.63, 3.8) is 0 Å². The standard InChI is InChI=1S/C24H51N2O.CH4O4S/c1-26(2,3)23-20-22-25-21-18-16-14-12-10-8-6-4-5-7-9-11-13-15-17-19-24-27;1-5-6(2,3)4/h24-25H,4-23H2,1-3H3;1H3,(H,2,3,4)/q+1;/p-1. The molecule has 0 unspecified atom stereocenters. The highest BCUT2D eigenvalue weighted by atomic mass is 32.3. The number of aldehydes is 1. The summed E-state index contributed by atoms with van der Waals surface area (Å²) in [6, 6.07) is 0. The molecule has 8 heteroatoms. The summed E-state index contributed by atoms with van der Waals surface area (Å²) in [5.41, 5.74) is 0. The van der Waals surface area contributed by atoms with Crippen molar-refractivity contribution >= 4 is 16.7 Å². The van der Waals surface area contributed by atoms with Gasteiger partial charge in [0.05, 0.1) is 34.8 Å². The minimum atomic E-state index is -4.41. The van der Waals surface area contributed by atoms with Crippen LogP contribution in [0.15, 0.2) is 0 Å². The van der Waals surface area contributed by atoms with E-state index in [-0.39, 0.29) is 0 Å². The molecule has 0 aromatic rings. The molecule has 0 bridgehead atoms. The Kier molecular flexibility index (Phi) is 25.8. The lowest BCUT2D eigenvalue weighted by atomic mass is 10.0. The number of carbonyl (C=O) groups excluding carboxylic acids is 1. The highest BCUT2D eigenvalue weighted by molar-refractivity contribution is 7.80. The van der Waals surface area contributed by atoms with Gasteiger partial charge in [0.2, 0.25) is 10.4 Å². The van der Waals surface area contributed by atoms with E-state index in [9.17, 15) is 17.8 Å². The number of quaternary nitrogens is 1. The number of hydrogen-bond donors (Lipinski definition) is 1. The van der Waals surface area contributed by atoms with Gasteiger partial charge in [-0.2, -0.15) is 0 Å². The first kappa shape index (κ1) is 34.6. The Morgan fingerprint density at radius 1 is 0.697 bits per heavy atom. The average molecular weight is 495 g/mol. The number of nitrogens with zero attached hydrogens (tertiary/aromatic N) is 1. The Morgan fingerprint density at radius 2 is 1.03 bits per heavy atom. The zero-order chi connectivity index (χ0) is 25.3. The molecular formula is C25H54N2O5S. The summed E-state index contributed by atoms with van der Waals surface area (Å²) < 4.78 is 32.1. The van der Waals surface area contributed by atoms with Crippen LogP contribution in [0, 0.1) is 0 Å². The summed E-state index contributed by atoms with van der Waals surface area (Å²) in [6.07, 6.45) is 23.7. The average Bonchev–Trinajstić information content (AvgIpc) is 2.74. The molecule has 0 atom stereocenters. The van der Waals surface area contributed by atoms with Crippen molar-refractivity contribution in [1.29, 1.82) is 0 Å². The first-order valence-electron chi connectivity index (χ1n) is 13.1. The molecule has 33 heavy (non-hydrogen) atoms. The lowest BCUT2D eigenvalue weighted by molar-refractivity contribution is -0.870. The third-order valence-corrected chi connectivity index (χ3v) is 5.97. The van der Waals surface area contributed by atoms with Crippen LogP contribution >= 0.6 is 0 Å². The maximum absolute atomic E-state index is 10.2. The monoisotopic (exact) mass is 494 g/mol. The SMILES string of the molecule is COS(=O)(=O)[O-].C[N+](C)(C)CCCNCCCCCCCCCCCCCCCCCC=O. The fourth-order valence-electron chi connectivity index (χ4n) is 3.58. The third-order valence-electron chi connectivity index (χ3n) is 5.56. The minimum absolute atomic E-state index is 0.758. The van der Waals surface area contributed by atoms with E-state index in [0.29, 0.717) is 0 Å². The van der Waals surface area contributed by atoms with Crippen LogP contribution < -0.4 is 5.32 Å². The summed E-state index contributed by atoms with van der Waals surface area (Å²) >= 11 is 0. The molecule has 0 aliphatic carbocycles. The number of carbonyl (C=O) groups is 1. The van der Waals surface area contributed by atoms with Crippen LogP contribution in [0.1, 0.15) is 109 Å². The van der Waals surface area contributed by atoms with Gasteiger partial charge in [-0.3, -0.25) is 4.18 Å². The molecule has 0 saturated heterocycles. The fourth-order valence-corrected chi connectivity index (χ4v) is 3.58. The number of unbranched alkanes of at least 4 members (excludes halogenated alkanes) is 15. The largest absolute Gasteiger partial charge is 0.726 e. The molecular weight excluding hydrogens is 440 g/mol. The van der Waals surface area contributed by atoms with Gasteiger partial charge in [0.25, 0.3) is 0 Å². The van der Waals surface area contributed by atoms with Gasteiger partial charge in [-0.1, -0.05) is 83.5 Å². The van der Waals surface area contributed by atoms with E-state index in [2.05, 4.69) is 30.6 Å². The summed E-state index contributed by atoms with van der Waals surface area (Å²) in [7, 11) is 3.19. The summed E-state index contributed by atoms with van der Waals surface area (Å²) in [5, 5.41) is 3.59. The molecule has 0 fully saturated rings. The predicted octanol–water partition coefficient (Wildman–Crippen LogP) is 5.21. The van der Waals surface area contributed by atoms with Gasteiger partial charge in [0, 0.05) is 19.4 Å².